The van der Waals surface area contributed by atoms with Gasteiger partial charge < -0.3 is 15.0 Å². The first kappa shape index (κ1) is 21.8. The van der Waals surface area contributed by atoms with E-state index in [1.54, 1.807) is 4.90 Å². The summed E-state index contributed by atoms with van der Waals surface area (Å²) in [5, 5.41) is 2.43. The number of hydrogen-bond acceptors (Lipinski definition) is 4. The molecule has 2 heterocycles. The molecule has 1 spiro atoms. The third kappa shape index (κ3) is 3.30. The van der Waals surface area contributed by atoms with Crippen LogP contribution in [0.4, 0.5) is 25.8 Å². The summed E-state index contributed by atoms with van der Waals surface area (Å²) in [7, 11) is 1.40. The number of halogens is 2. The van der Waals surface area contributed by atoms with Crippen LogP contribution in [-0.2, 0) is 9.53 Å². The summed E-state index contributed by atoms with van der Waals surface area (Å²) in [4.78, 5) is 31.4. The Labute approximate surface area is 188 Å². The molecule has 7 nitrogen and oxygen atoms in total. The Kier molecular flexibility index (Phi) is 5.62. The van der Waals surface area contributed by atoms with Gasteiger partial charge in [-0.15, -0.1) is 0 Å². The van der Waals surface area contributed by atoms with Crippen LogP contribution in [0.15, 0.2) is 36.4 Å². The molecule has 0 radical (unpaired) electrons. The molecular formula is C22H18F2N4O3S. The molecule has 2 saturated heterocycles. The molecule has 0 saturated carbocycles. The van der Waals surface area contributed by atoms with Crippen molar-refractivity contribution in [3.63, 3.8) is 0 Å². The molecule has 0 atom stereocenters. The number of rotatable bonds is 3. The van der Waals surface area contributed by atoms with Crippen molar-refractivity contribution >= 4 is 46.2 Å². The highest BCUT2D eigenvalue weighted by Crippen LogP contribution is 2.43. The van der Waals surface area contributed by atoms with Crippen LogP contribution in [0.25, 0.3) is 4.85 Å². The predicted molar refractivity (Wildman–Crippen MR) is 118 cm³/mol. The molecule has 0 aliphatic carbocycles. The lowest BCUT2D eigenvalue weighted by molar-refractivity contribution is -0.124. The second-order valence-electron chi connectivity index (χ2n) is 7.39. The van der Waals surface area contributed by atoms with Crippen molar-refractivity contribution in [2.24, 2.45) is 0 Å². The highest BCUT2D eigenvalue weighted by molar-refractivity contribution is 7.81. The SMILES string of the molecule is [C-]#[N+]c1ccc(N2C(=O)C3(CCOCC3)N(c3ccc(C(=O)NC)c(F)c3)C2=S)cc1F. The lowest BCUT2D eigenvalue weighted by atomic mass is 9.87. The van der Waals surface area contributed by atoms with Crippen molar-refractivity contribution in [3.05, 3.63) is 65.0 Å². The van der Waals surface area contributed by atoms with Crippen LogP contribution >= 0.6 is 12.2 Å². The Morgan fingerprint density at radius 3 is 2.41 bits per heavy atom. The zero-order valence-electron chi connectivity index (χ0n) is 17.0. The molecule has 2 aromatic rings. The molecule has 2 aliphatic rings. The average molecular weight is 456 g/mol. The van der Waals surface area contributed by atoms with Crippen LogP contribution in [0.3, 0.4) is 0 Å². The largest absolute Gasteiger partial charge is 0.381 e. The number of carbonyl (C=O) groups is 2. The quantitative estimate of drug-likeness (QED) is 0.565. The third-order valence-corrected chi connectivity index (χ3v) is 6.09. The number of nitrogens with zero attached hydrogens (tertiary/aromatic N) is 3. The molecule has 164 valence electrons. The molecule has 2 aliphatic heterocycles. The zero-order valence-corrected chi connectivity index (χ0v) is 17.8. The third-order valence-electron chi connectivity index (χ3n) is 5.72. The van der Waals surface area contributed by atoms with Gasteiger partial charge in [-0.25, -0.2) is 13.6 Å². The van der Waals surface area contributed by atoms with Gasteiger partial charge in [0.05, 0.1) is 17.8 Å². The molecule has 2 aromatic carbocycles. The Morgan fingerprint density at radius 1 is 1.16 bits per heavy atom. The van der Waals surface area contributed by atoms with Crippen molar-refractivity contribution in [2.45, 2.75) is 18.4 Å². The van der Waals surface area contributed by atoms with Crippen molar-refractivity contribution in [2.75, 3.05) is 30.1 Å². The van der Waals surface area contributed by atoms with Gasteiger partial charge in [-0.3, -0.25) is 14.5 Å². The van der Waals surface area contributed by atoms with Gasteiger partial charge in [0.1, 0.15) is 17.2 Å². The number of nitrogens with one attached hydrogen (secondary N) is 1. The maximum Gasteiger partial charge on any atom is 0.259 e. The number of ether oxygens (including phenoxy) is 1. The van der Waals surface area contributed by atoms with Crippen LogP contribution in [-0.4, -0.2) is 42.7 Å². The normalized spacial score (nSPS) is 17.6. The van der Waals surface area contributed by atoms with Crippen molar-refractivity contribution in [1.82, 2.24) is 5.32 Å². The fraction of sp³-hybridized carbons (Fsp3) is 0.273. The summed E-state index contributed by atoms with van der Waals surface area (Å²) >= 11 is 5.62. The Morgan fingerprint density at radius 2 is 1.81 bits per heavy atom. The summed E-state index contributed by atoms with van der Waals surface area (Å²) in [6.07, 6.45) is 0.591. The van der Waals surface area contributed by atoms with Crippen molar-refractivity contribution in [3.8, 4) is 0 Å². The molecule has 10 heteroatoms. The number of benzene rings is 2. The van der Waals surface area contributed by atoms with E-state index in [1.807, 2.05) is 0 Å². The molecule has 0 bridgehead atoms. The molecule has 0 aromatic heterocycles. The summed E-state index contributed by atoms with van der Waals surface area (Å²) in [6.45, 7) is 7.61. The highest BCUT2D eigenvalue weighted by atomic mass is 32.1. The molecule has 0 unspecified atom stereocenters. The van der Waals surface area contributed by atoms with Gasteiger partial charge in [0, 0.05) is 38.8 Å². The predicted octanol–water partition coefficient (Wildman–Crippen LogP) is 3.56. The van der Waals surface area contributed by atoms with Crippen LogP contribution in [0.1, 0.15) is 23.2 Å². The monoisotopic (exact) mass is 456 g/mol. The summed E-state index contributed by atoms with van der Waals surface area (Å²) < 4.78 is 34.5. The average Bonchev–Trinajstić information content (AvgIpc) is 2.99. The van der Waals surface area contributed by atoms with E-state index in [1.165, 1.54) is 36.2 Å². The number of hydrogen-bond donors (Lipinski definition) is 1. The Bertz CT molecular complexity index is 1170. The topological polar surface area (TPSA) is 66.2 Å². The number of anilines is 2. The second kappa shape index (κ2) is 8.26. The van der Waals surface area contributed by atoms with E-state index in [9.17, 15) is 18.4 Å². The minimum Gasteiger partial charge on any atom is -0.381 e. The molecule has 4 rings (SSSR count). The minimum atomic E-state index is -1.13. The first-order chi connectivity index (χ1) is 15.3. The van der Waals surface area contributed by atoms with E-state index in [-0.39, 0.29) is 28.0 Å². The number of thiocarbonyl (C=S) groups is 1. The van der Waals surface area contributed by atoms with Gasteiger partial charge in [-0.1, -0.05) is 6.07 Å². The van der Waals surface area contributed by atoms with Gasteiger partial charge >= 0.3 is 0 Å². The van der Waals surface area contributed by atoms with Crippen LogP contribution in [0.2, 0.25) is 0 Å². The van der Waals surface area contributed by atoms with Crippen LogP contribution < -0.4 is 15.1 Å². The van der Waals surface area contributed by atoms with Crippen molar-refractivity contribution in [1.29, 1.82) is 0 Å². The van der Waals surface area contributed by atoms with E-state index in [0.29, 0.717) is 31.7 Å². The standard InChI is InChI=1S/C22H18F2N4O3S/c1-25-18-6-4-13(11-17(18)24)27-20(30)22(7-9-31-10-8-22)28(21(27)32)14-3-5-15(16(23)12-14)19(29)26-2/h3-6,11-12H,7-10H2,2H3,(H,26,29). The second-order valence-corrected chi connectivity index (χ2v) is 7.76. The molecule has 32 heavy (non-hydrogen) atoms. The fourth-order valence-electron chi connectivity index (χ4n) is 4.09. The lowest BCUT2D eigenvalue weighted by Crippen LogP contribution is -2.53. The van der Waals surface area contributed by atoms with E-state index < -0.39 is 23.1 Å². The van der Waals surface area contributed by atoms with Crippen LogP contribution in [0, 0.1) is 18.2 Å². The van der Waals surface area contributed by atoms with Gasteiger partial charge in [-0.2, -0.15) is 0 Å². The minimum absolute atomic E-state index is 0.0546. The molecular weight excluding hydrogens is 438 g/mol. The van der Waals surface area contributed by atoms with E-state index in [0.717, 1.165) is 12.1 Å². The summed E-state index contributed by atoms with van der Waals surface area (Å²) in [6, 6.07) is 7.83. The smallest absolute Gasteiger partial charge is 0.259 e. The Balaban J connectivity index is 1.82. The lowest BCUT2D eigenvalue weighted by Gasteiger charge is -2.38. The van der Waals surface area contributed by atoms with Gasteiger partial charge in [0.2, 0.25) is 5.69 Å². The van der Waals surface area contributed by atoms with Gasteiger partial charge in [0.25, 0.3) is 11.8 Å². The molecule has 1 N–H and O–H groups in total. The van der Waals surface area contributed by atoms with E-state index in [2.05, 4.69) is 10.2 Å². The maximum atomic E-state index is 14.7. The van der Waals surface area contributed by atoms with Gasteiger partial charge in [-0.05, 0) is 42.5 Å². The summed E-state index contributed by atoms with van der Waals surface area (Å²) in [5.74, 6) is -2.48. The van der Waals surface area contributed by atoms with Gasteiger partial charge in [0.15, 0.2) is 5.11 Å². The zero-order chi connectivity index (χ0) is 23.0. The molecule has 2 amide bonds. The summed E-state index contributed by atoms with van der Waals surface area (Å²) in [5.41, 5.74) is -0.958. The fourth-order valence-corrected chi connectivity index (χ4v) is 4.56. The number of carbonyl (C=O) groups excluding carboxylic acids is 2. The maximum absolute atomic E-state index is 14.7. The first-order valence-electron chi connectivity index (χ1n) is 9.79. The number of amides is 2. The first-order valence-corrected chi connectivity index (χ1v) is 10.2. The van der Waals surface area contributed by atoms with Crippen LogP contribution in [0.5, 0.6) is 0 Å². The Hall–Kier alpha value is -3.42. The van der Waals surface area contributed by atoms with E-state index in [4.69, 9.17) is 23.5 Å². The van der Waals surface area contributed by atoms with E-state index >= 15 is 0 Å². The highest BCUT2D eigenvalue weighted by Gasteiger charge is 2.57. The van der Waals surface area contributed by atoms with Crippen molar-refractivity contribution < 1.29 is 23.1 Å². The molecule has 2 fully saturated rings.